The molecule has 140 valence electrons. The molecule has 1 N–H and O–H groups in total. The molecule has 28 heavy (non-hydrogen) atoms. The summed E-state index contributed by atoms with van der Waals surface area (Å²) in [4.78, 5) is 32.2. The molecule has 0 saturated carbocycles. The highest BCUT2D eigenvalue weighted by atomic mass is 35.5. The molecule has 10 heteroatoms. The zero-order valence-corrected chi connectivity index (χ0v) is 15.8. The molecule has 0 radical (unpaired) electrons. The predicted octanol–water partition coefficient (Wildman–Crippen LogP) is 3.21. The fourth-order valence-corrected chi connectivity index (χ4v) is 3.18. The van der Waals surface area contributed by atoms with Crippen LogP contribution in [-0.4, -0.2) is 26.5 Å². The standard InChI is InChI=1S/C18H11Cl2N5O3/c1-9-2-5-14-25(9)13-6-10(3-4-11(13)18(27)28-14)17(26)24-23-7-12-15(19)21-8-22-16(12)20/h2-8H,1H3,(H,24,26)/b23-7+. The van der Waals surface area contributed by atoms with E-state index in [1.54, 1.807) is 16.5 Å². The van der Waals surface area contributed by atoms with E-state index in [0.717, 1.165) is 5.69 Å². The molecule has 0 spiro atoms. The van der Waals surface area contributed by atoms with Crippen LogP contribution in [0, 0.1) is 6.92 Å². The normalized spacial score (nSPS) is 11.5. The highest BCUT2D eigenvalue weighted by Gasteiger charge is 2.13. The first-order valence-electron chi connectivity index (χ1n) is 8.00. The maximum atomic E-state index is 12.5. The van der Waals surface area contributed by atoms with E-state index in [2.05, 4.69) is 20.5 Å². The van der Waals surface area contributed by atoms with Crippen molar-refractivity contribution in [2.75, 3.05) is 0 Å². The Morgan fingerprint density at radius 3 is 2.71 bits per heavy atom. The lowest BCUT2D eigenvalue weighted by Crippen LogP contribution is -2.18. The number of carbonyl (C=O) groups excluding carboxylic acids is 1. The van der Waals surface area contributed by atoms with Crippen molar-refractivity contribution in [3.05, 3.63) is 74.2 Å². The summed E-state index contributed by atoms with van der Waals surface area (Å²) in [7, 11) is 0. The Hall–Kier alpha value is -3.23. The number of hydrazone groups is 1. The van der Waals surface area contributed by atoms with E-state index in [4.69, 9.17) is 27.6 Å². The van der Waals surface area contributed by atoms with Gasteiger partial charge < -0.3 is 4.42 Å². The van der Waals surface area contributed by atoms with E-state index in [-0.39, 0.29) is 15.9 Å². The number of rotatable bonds is 3. The second kappa shape index (κ2) is 7.06. The van der Waals surface area contributed by atoms with Gasteiger partial charge in [0.15, 0.2) is 0 Å². The van der Waals surface area contributed by atoms with Crippen LogP contribution in [0.3, 0.4) is 0 Å². The number of carbonyl (C=O) groups is 1. The number of nitrogens with zero attached hydrogens (tertiary/aromatic N) is 4. The van der Waals surface area contributed by atoms with Gasteiger partial charge in [-0.1, -0.05) is 23.2 Å². The SMILES string of the molecule is Cc1ccc2oc(=O)c3ccc(C(=O)N/N=C/c4c(Cl)ncnc4Cl)cc3n12. The first-order valence-corrected chi connectivity index (χ1v) is 8.75. The minimum absolute atomic E-state index is 0.112. The second-order valence-electron chi connectivity index (χ2n) is 5.84. The Morgan fingerprint density at radius 1 is 1.21 bits per heavy atom. The maximum absolute atomic E-state index is 12.5. The smallest absolute Gasteiger partial charge is 0.346 e. The third-order valence-corrected chi connectivity index (χ3v) is 4.71. The van der Waals surface area contributed by atoms with Crippen molar-refractivity contribution >= 4 is 51.9 Å². The maximum Gasteiger partial charge on any atom is 0.346 e. The van der Waals surface area contributed by atoms with Crippen molar-refractivity contribution < 1.29 is 9.21 Å². The molecule has 0 aliphatic heterocycles. The molecule has 1 aromatic carbocycles. The van der Waals surface area contributed by atoms with Crippen LogP contribution >= 0.6 is 23.2 Å². The number of aromatic nitrogens is 3. The number of aryl methyl sites for hydroxylation is 1. The summed E-state index contributed by atoms with van der Waals surface area (Å²) in [6.45, 7) is 1.87. The summed E-state index contributed by atoms with van der Waals surface area (Å²) in [6, 6.07) is 8.17. The lowest BCUT2D eigenvalue weighted by atomic mass is 10.1. The minimum Gasteiger partial charge on any atom is -0.405 e. The first-order chi connectivity index (χ1) is 13.5. The van der Waals surface area contributed by atoms with Gasteiger partial charge in [-0.05, 0) is 31.2 Å². The molecule has 0 unspecified atom stereocenters. The van der Waals surface area contributed by atoms with E-state index in [1.165, 1.54) is 24.7 Å². The minimum atomic E-state index is -0.478. The van der Waals surface area contributed by atoms with E-state index in [0.29, 0.717) is 22.2 Å². The van der Waals surface area contributed by atoms with Gasteiger partial charge in [-0.3, -0.25) is 9.20 Å². The lowest BCUT2D eigenvalue weighted by Gasteiger charge is -2.06. The van der Waals surface area contributed by atoms with Crippen molar-refractivity contribution in [2.45, 2.75) is 6.92 Å². The molecular formula is C18H11Cl2N5O3. The molecular weight excluding hydrogens is 405 g/mol. The van der Waals surface area contributed by atoms with Crippen LogP contribution in [0.1, 0.15) is 21.6 Å². The molecule has 4 aromatic rings. The Morgan fingerprint density at radius 2 is 1.96 bits per heavy atom. The van der Waals surface area contributed by atoms with Crippen molar-refractivity contribution in [1.82, 2.24) is 19.8 Å². The summed E-state index contributed by atoms with van der Waals surface area (Å²) in [5.41, 5.74) is 4.34. The molecule has 8 nitrogen and oxygen atoms in total. The number of hydrogen-bond donors (Lipinski definition) is 1. The van der Waals surface area contributed by atoms with E-state index in [9.17, 15) is 9.59 Å². The Kier molecular flexibility index (Phi) is 4.58. The van der Waals surface area contributed by atoms with Gasteiger partial charge in [0, 0.05) is 17.3 Å². The van der Waals surface area contributed by atoms with Crippen LogP contribution < -0.4 is 11.1 Å². The molecule has 0 fully saturated rings. The van der Waals surface area contributed by atoms with Crippen LogP contribution in [-0.2, 0) is 0 Å². The number of nitrogens with one attached hydrogen (secondary N) is 1. The Balaban J connectivity index is 1.68. The number of halogens is 2. The molecule has 4 rings (SSSR count). The average Bonchev–Trinajstić information content (AvgIpc) is 3.04. The zero-order chi connectivity index (χ0) is 19.8. The highest BCUT2D eigenvalue weighted by molar-refractivity contribution is 6.37. The van der Waals surface area contributed by atoms with Gasteiger partial charge in [-0.2, -0.15) is 5.10 Å². The molecule has 3 aromatic heterocycles. The first kappa shape index (κ1) is 18.1. The van der Waals surface area contributed by atoms with Crippen molar-refractivity contribution in [3.8, 4) is 0 Å². The summed E-state index contributed by atoms with van der Waals surface area (Å²) >= 11 is 11.8. The van der Waals surface area contributed by atoms with Crippen LogP contribution in [0.4, 0.5) is 0 Å². The molecule has 0 saturated heterocycles. The van der Waals surface area contributed by atoms with E-state index in [1.807, 2.05) is 13.0 Å². The summed E-state index contributed by atoms with van der Waals surface area (Å²) in [6.07, 6.45) is 2.47. The average molecular weight is 416 g/mol. The van der Waals surface area contributed by atoms with Gasteiger partial charge in [0.05, 0.1) is 22.7 Å². The van der Waals surface area contributed by atoms with Crippen LogP contribution in [0.2, 0.25) is 10.3 Å². The lowest BCUT2D eigenvalue weighted by molar-refractivity contribution is 0.0955. The van der Waals surface area contributed by atoms with Gasteiger partial charge >= 0.3 is 5.63 Å². The fraction of sp³-hybridized carbons (Fsp3) is 0.0556. The van der Waals surface area contributed by atoms with Crippen LogP contribution in [0.25, 0.3) is 16.6 Å². The van der Waals surface area contributed by atoms with Crippen molar-refractivity contribution in [1.29, 1.82) is 0 Å². The molecule has 0 aliphatic rings. The van der Waals surface area contributed by atoms with E-state index < -0.39 is 11.5 Å². The Bertz CT molecular complexity index is 1310. The van der Waals surface area contributed by atoms with Gasteiger partial charge in [0.1, 0.15) is 16.6 Å². The molecule has 0 atom stereocenters. The summed E-state index contributed by atoms with van der Waals surface area (Å²) < 4.78 is 7.04. The second-order valence-corrected chi connectivity index (χ2v) is 6.55. The monoisotopic (exact) mass is 415 g/mol. The third kappa shape index (κ3) is 3.12. The molecule has 1 amide bonds. The quantitative estimate of drug-likeness (QED) is 0.314. The predicted molar refractivity (Wildman–Crippen MR) is 105 cm³/mol. The number of fused-ring (bicyclic) bond motifs is 3. The molecule has 0 aliphatic carbocycles. The molecule has 3 heterocycles. The van der Waals surface area contributed by atoms with Crippen LogP contribution in [0.15, 0.2) is 51.0 Å². The Labute approximate surface area is 167 Å². The van der Waals surface area contributed by atoms with Gasteiger partial charge in [-0.25, -0.2) is 20.2 Å². The fourth-order valence-electron chi connectivity index (χ4n) is 2.76. The summed E-state index contributed by atoms with van der Waals surface area (Å²) in [5, 5.41) is 4.44. The third-order valence-electron chi connectivity index (χ3n) is 4.10. The van der Waals surface area contributed by atoms with Crippen molar-refractivity contribution in [2.24, 2.45) is 5.10 Å². The molecule has 0 bridgehead atoms. The van der Waals surface area contributed by atoms with Crippen LogP contribution in [0.5, 0.6) is 0 Å². The number of amides is 1. The van der Waals surface area contributed by atoms with E-state index >= 15 is 0 Å². The van der Waals surface area contributed by atoms with Gasteiger partial charge in [0.25, 0.3) is 5.91 Å². The largest absolute Gasteiger partial charge is 0.405 e. The number of hydrogen-bond acceptors (Lipinski definition) is 6. The topological polar surface area (TPSA) is 102 Å². The highest BCUT2D eigenvalue weighted by Crippen LogP contribution is 2.19. The van der Waals surface area contributed by atoms with Gasteiger partial charge in [0.2, 0.25) is 5.71 Å². The zero-order valence-electron chi connectivity index (χ0n) is 14.3. The van der Waals surface area contributed by atoms with Gasteiger partial charge in [-0.15, -0.1) is 0 Å². The van der Waals surface area contributed by atoms with Crippen molar-refractivity contribution in [3.63, 3.8) is 0 Å². The number of benzene rings is 1. The summed E-state index contributed by atoms with van der Waals surface area (Å²) in [5.74, 6) is -0.478.